The molecule has 0 heterocycles. The lowest BCUT2D eigenvalue weighted by molar-refractivity contribution is -0.144. The van der Waals surface area contributed by atoms with E-state index in [2.05, 4.69) is 4.79 Å². The summed E-state index contributed by atoms with van der Waals surface area (Å²) >= 11 is 0. The maximum absolute atomic E-state index is 11.1. The fourth-order valence-corrected chi connectivity index (χ4v) is 1.76. The Morgan fingerprint density at radius 1 is 1.42 bits per heavy atom. The van der Waals surface area contributed by atoms with Gasteiger partial charge in [0, 0.05) is 6.42 Å². The van der Waals surface area contributed by atoms with Gasteiger partial charge in [0.05, 0.1) is 6.10 Å². The molecule has 0 saturated heterocycles. The zero-order valence-corrected chi connectivity index (χ0v) is 11.4. The Bertz CT molecular complexity index is 481. The first-order chi connectivity index (χ1) is 9.01. The minimum atomic E-state index is -0.669. The molecule has 5 heteroatoms. The van der Waals surface area contributed by atoms with Crippen LogP contribution < -0.4 is 4.74 Å². The Morgan fingerprint density at radius 2 is 2.16 bits per heavy atom. The molecule has 0 fully saturated rings. The van der Waals surface area contributed by atoms with Crippen LogP contribution in [0, 0.1) is 6.92 Å². The van der Waals surface area contributed by atoms with Gasteiger partial charge in [-0.25, -0.2) is 4.79 Å². The number of aryl methyl sites for hydroxylation is 1. The highest BCUT2D eigenvalue weighted by atomic mass is 16.5. The van der Waals surface area contributed by atoms with Crippen molar-refractivity contribution in [2.24, 2.45) is 0 Å². The minimum absolute atomic E-state index is 0.0873. The summed E-state index contributed by atoms with van der Waals surface area (Å²) in [7, 11) is 0. The van der Waals surface area contributed by atoms with Crippen LogP contribution in [0.25, 0.3) is 5.53 Å². The van der Waals surface area contributed by atoms with Gasteiger partial charge < -0.3 is 15.0 Å². The van der Waals surface area contributed by atoms with Gasteiger partial charge in [0.25, 0.3) is 0 Å². The molecular formula is C14H18N2O3. The van der Waals surface area contributed by atoms with Crippen LogP contribution in [0.15, 0.2) is 24.3 Å². The van der Waals surface area contributed by atoms with Crippen molar-refractivity contribution < 1.29 is 19.1 Å². The Kier molecular flexibility index (Phi) is 5.76. The van der Waals surface area contributed by atoms with Gasteiger partial charge in [0.1, 0.15) is 11.9 Å². The first kappa shape index (κ1) is 14.9. The molecule has 0 aliphatic carbocycles. The second kappa shape index (κ2) is 7.34. The third kappa shape index (κ3) is 5.84. The number of esters is 1. The van der Waals surface area contributed by atoms with Crippen LogP contribution in [0.5, 0.6) is 5.75 Å². The standard InChI is InChI=1S/C14H18N2O3/c1-10-5-4-6-13(7-10)18-11(2)8-12(3)19-14(17)9-16-15/h4-7,9,11-12H,8H2,1-3H3/t11-,12+/m0/s1. The summed E-state index contributed by atoms with van der Waals surface area (Å²) in [5.74, 6) is 0.126. The smallest absolute Gasteiger partial charge is 0.413 e. The highest BCUT2D eigenvalue weighted by molar-refractivity contribution is 6.20. The van der Waals surface area contributed by atoms with Gasteiger partial charge in [0.2, 0.25) is 0 Å². The van der Waals surface area contributed by atoms with E-state index < -0.39 is 5.97 Å². The Hall–Kier alpha value is -2.13. The lowest BCUT2D eigenvalue weighted by Gasteiger charge is -2.18. The molecule has 1 aromatic rings. The summed E-state index contributed by atoms with van der Waals surface area (Å²) in [6.45, 7) is 5.67. The highest BCUT2D eigenvalue weighted by Crippen LogP contribution is 2.16. The molecule has 5 nitrogen and oxygen atoms in total. The van der Waals surface area contributed by atoms with Gasteiger partial charge >= 0.3 is 12.2 Å². The number of hydrogen-bond donors (Lipinski definition) is 0. The van der Waals surface area contributed by atoms with Crippen LogP contribution in [0.2, 0.25) is 0 Å². The van der Waals surface area contributed by atoms with Crippen molar-refractivity contribution in [3.63, 3.8) is 0 Å². The number of carbonyl (C=O) groups is 1. The Labute approximate surface area is 112 Å². The van der Waals surface area contributed by atoms with Gasteiger partial charge in [-0.1, -0.05) is 12.1 Å². The van der Waals surface area contributed by atoms with Crippen LogP contribution in [0.4, 0.5) is 0 Å². The summed E-state index contributed by atoms with van der Waals surface area (Å²) in [6, 6.07) is 7.76. The van der Waals surface area contributed by atoms with E-state index in [0.717, 1.165) is 17.5 Å². The van der Waals surface area contributed by atoms with Gasteiger partial charge in [0.15, 0.2) is 0 Å². The molecule has 0 saturated carbocycles. The van der Waals surface area contributed by atoms with E-state index in [0.29, 0.717) is 6.42 Å². The lowest BCUT2D eigenvalue weighted by atomic mass is 10.2. The number of hydrogen-bond acceptors (Lipinski definition) is 3. The monoisotopic (exact) mass is 262 g/mol. The predicted octanol–water partition coefficient (Wildman–Crippen LogP) is 2.38. The molecule has 19 heavy (non-hydrogen) atoms. The van der Waals surface area contributed by atoms with Crippen molar-refractivity contribution in [1.82, 2.24) is 0 Å². The summed E-state index contributed by atoms with van der Waals surface area (Å²) in [5.41, 5.74) is 9.32. The number of nitrogens with zero attached hydrogens (tertiary/aromatic N) is 2. The topological polar surface area (TPSA) is 71.9 Å². The van der Waals surface area contributed by atoms with E-state index in [-0.39, 0.29) is 12.2 Å². The maximum atomic E-state index is 11.1. The Morgan fingerprint density at radius 3 is 2.79 bits per heavy atom. The summed E-state index contributed by atoms with van der Waals surface area (Å²) < 4.78 is 10.7. The third-order valence-corrected chi connectivity index (χ3v) is 2.47. The first-order valence-electron chi connectivity index (χ1n) is 6.12. The van der Waals surface area contributed by atoms with Crippen molar-refractivity contribution in [3.05, 3.63) is 35.4 Å². The average Bonchev–Trinajstić information content (AvgIpc) is 2.28. The van der Waals surface area contributed by atoms with Crippen LogP contribution in [0.3, 0.4) is 0 Å². The molecule has 0 aromatic heterocycles. The van der Waals surface area contributed by atoms with Crippen molar-refractivity contribution in [3.8, 4) is 5.75 Å². The largest absolute Gasteiger partial charge is 0.491 e. The van der Waals surface area contributed by atoms with Gasteiger partial charge in [-0.2, -0.15) is 4.79 Å². The Balaban J connectivity index is 2.44. The van der Waals surface area contributed by atoms with E-state index in [1.165, 1.54) is 0 Å². The SMILES string of the molecule is Cc1cccc(O[C@@H](C)C[C@@H](C)OC(=O)C=[N+]=[N-])c1. The molecule has 0 aliphatic rings. The molecule has 0 aliphatic heterocycles. The van der Waals surface area contributed by atoms with E-state index in [1.54, 1.807) is 6.92 Å². The van der Waals surface area contributed by atoms with E-state index in [1.807, 2.05) is 38.1 Å². The molecule has 0 spiro atoms. The molecule has 2 atom stereocenters. The van der Waals surface area contributed by atoms with E-state index in [9.17, 15) is 4.79 Å². The first-order valence-corrected chi connectivity index (χ1v) is 6.12. The summed E-state index contributed by atoms with van der Waals surface area (Å²) in [6.07, 6.45) is 0.877. The molecule has 0 N–H and O–H groups in total. The van der Waals surface area contributed by atoms with Gasteiger partial charge in [-0.3, -0.25) is 0 Å². The molecule has 0 amide bonds. The zero-order chi connectivity index (χ0) is 14.3. The molecule has 0 bridgehead atoms. The number of ether oxygens (including phenoxy) is 2. The van der Waals surface area contributed by atoms with Gasteiger partial charge in [-0.15, -0.1) is 0 Å². The summed E-state index contributed by atoms with van der Waals surface area (Å²) in [5, 5.41) is 0. The number of rotatable bonds is 6. The van der Waals surface area contributed by atoms with Crippen LogP contribution in [0.1, 0.15) is 25.8 Å². The van der Waals surface area contributed by atoms with Crippen LogP contribution >= 0.6 is 0 Å². The van der Waals surface area contributed by atoms with Crippen LogP contribution in [-0.4, -0.2) is 29.2 Å². The molecule has 0 unspecified atom stereocenters. The fourth-order valence-electron chi connectivity index (χ4n) is 1.76. The summed E-state index contributed by atoms with van der Waals surface area (Å²) in [4.78, 5) is 13.7. The number of carbonyl (C=O) groups excluding carboxylic acids is 1. The highest BCUT2D eigenvalue weighted by Gasteiger charge is 2.15. The number of benzene rings is 1. The predicted molar refractivity (Wildman–Crippen MR) is 71.1 cm³/mol. The average molecular weight is 262 g/mol. The van der Waals surface area contributed by atoms with E-state index in [4.69, 9.17) is 15.0 Å². The van der Waals surface area contributed by atoms with Crippen LogP contribution in [-0.2, 0) is 9.53 Å². The van der Waals surface area contributed by atoms with E-state index >= 15 is 0 Å². The fraction of sp³-hybridized carbons (Fsp3) is 0.429. The molecule has 0 radical (unpaired) electrons. The quantitative estimate of drug-likeness (QED) is 0.342. The lowest BCUT2D eigenvalue weighted by Crippen LogP contribution is -2.23. The van der Waals surface area contributed by atoms with Gasteiger partial charge in [-0.05, 0) is 38.5 Å². The molecule has 1 aromatic carbocycles. The second-order valence-electron chi connectivity index (χ2n) is 4.47. The zero-order valence-electron chi connectivity index (χ0n) is 11.4. The second-order valence-corrected chi connectivity index (χ2v) is 4.47. The molecular weight excluding hydrogens is 244 g/mol. The normalized spacial score (nSPS) is 13.0. The molecule has 102 valence electrons. The third-order valence-electron chi connectivity index (χ3n) is 2.47. The van der Waals surface area contributed by atoms with Crippen molar-refractivity contribution in [2.45, 2.75) is 39.4 Å². The van der Waals surface area contributed by atoms with Crippen molar-refractivity contribution in [1.29, 1.82) is 0 Å². The van der Waals surface area contributed by atoms with Crippen molar-refractivity contribution >= 4 is 12.2 Å². The minimum Gasteiger partial charge on any atom is -0.491 e. The molecule has 1 rings (SSSR count). The maximum Gasteiger partial charge on any atom is 0.413 e. The van der Waals surface area contributed by atoms with Crippen molar-refractivity contribution in [2.75, 3.05) is 0 Å².